The molecule has 0 aliphatic heterocycles. The Morgan fingerprint density at radius 1 is 0.909 bits per heavy atom. The van der Waals surface area contributed by atoms with Crippen molar-refractivity contribution in [3.8, 4) is 11.5 Å². The first kappa shape index (κ1) is 24.1. The molecule has 8 nitrogen and oxygen atoms in total. The average Bonchev–Trinajstić information content (AvgIpc) is 2.73. The quantitative estimate of drug-likeness (QED) is 0.482. The maximum atomic E-state index is 13.1. The van der Waals surface area contributed by atoms with Crippen molar-refractivity contribution in [2.75, 3.05) is 24.4 Å². The smallest absolute Gasteiger partial charge is 0.383 e. The summed E-state index contributed by atoms with van der Waals surface area (Å²) in [6.45, 7) is 1.99. The van der Waals surface area contributed by atoms with Crippen LogP contribution in [0.1, 0.15) is 18.3 Å². The number of methoxy groups -OCH3 is 1. The van der Waals surface area contributed by atoms with Gasteiger partial charge in [-0.3, -0.25) is 4.98 Å². The summed E-state index contributed by atoms with van der Waals surface area (Å²) in [7, 11) is 1.47. The number of aromatic nitrogens is 5. The minimum atomic E-state index is -4.69. The van der Waals surface area contributed by atoms with Gasteiger partial charge in [-0.1, -0.05) is 6.07 Å². The molecule has 0 aliphatic carbocycles. The SMILES string of the molecule is COCC(C)Nc1nc(Nc2ccnc(C(F)(F)F)c2)nc(-c2cccc(C(F)(F)F)n2)n1. The lowest BCUT2D eigenvalue weighted by molar-refractivity contribution is -0.141. The van der Waals surface area contributed by atoms with Crippen molar-refractivity contribution in [3.05, 3.63) is 47.9 Å². The first-order valence-electron chi connectivity index (χ1n) is 9.32. The molecule has 3 heterocycles. The van der Waals surface area contributed by atoms with Crippen LogP contribution in [0.4, 0.5) is 43.9 Å². The normalized spacial score (nSPS) is 13.0. The van der Waals surface area contributed by atoms with Gasteiger partial charge in [-0.05, 0) is 31.2 Å². The zero-order valence-electron chi connectivity index (χ0n) is 17.2. The van der Waals surface area contributed by atoms with Crippen LogP contribution in [0.25, 0.3) is 11.5 Å². The van der Waals surface area contributed by atoms with Crippen LogP contribution >= 0.6 is 0 Å². The maximum absolute atomic E-state index is 13.1. The van der Waals surface area contributed by atoms with E-state index in [4.69, 9.17) is 4.74 Å². The molecule has 0 bridgehead atoms. The van der Waals surface area contributed by atoms with Crippen molar-refractivity contribution in [3.63, 3.8) is 0 Å². The van der Waals surface area contributed by atoms with Gasteiger partial charge >= 0.3 is 12.4 Å². The molecular weight excluding hydrogens is 456 g/mol. The van der Waals surface area contributed by atoms with Crippen LogP contribution in [-0.4, -0.2) is 44.7 Å². The monoisotopic (exact) mass is 473 g/mol. The van der Waals surface area contributed by atoms with Gasteiger partial charge in [-0.15, -0.1) is 0 Å². The van der Waals surface area contributed by atoms with Crippen molar-refractivity contribution in [2.24, 2.45) is 0 Å². The van der Waals surface area contributed by atoms with Gasteiger partial charge < -0.3 is 15.4 Å². The lowest BCUT2D eigenvalue weighted by atomic mass is 10.3. The fourth-order valence-electron chi connectivity index (χ4n) is 2.63. The zero-order chi connectivity index (χ0) is 24.2. The van der Waals surface area contributed by atoms with E-state index in [2.05, 4.69) is 35.6 Å². The molecule has 0 aliphatic rings. The molecule has 0 amide bonds. The van der Waals surface area contributed by atoms with Crippen LogP contribution in [0.3, 0.4) is 0 Å². The van der Waals surface area contributed by atoms with E-state index < -0.39 is 23.7 Å². The minimum Gasteiger partial charge on any atom is -0.383 e. The number of hydrogen-bond donors (Lipinski definition) is 2. The second kappa shape index (κ2) is 9.52. The summed E-state index contributed by atoms with van der Waals surface area (Å²) >= 11 is 0. The van der Waals surface area contributed by atoms with Gasteiger partial charge in [0.05, 0.1) is 6.61 Å². The van der Waals surface area contributed by atoms with Crippen molar-refractivity contribution in [1.29, 1.82) is 0 Å². The molecule has 33 heavy (non-hydrogen) atoms. The van der Waals surface area contributed by atoms with Crippen molar-refractivity contribution < 1.29 is 31.1 Å². The summed E-state index contributed by atoms with van der Waals surface area (Å²) in [5.74, 6) is -0.488. The van der Waals surface area contributed by atoms with Crippen LogP contribution in [0.15, 0.2) is 36.5 Å². The van der Waals surface area contributed by atoms with Gasteiger partial charge in [0.15, 0.2) is 5.82 Å². The number of alkyl halides is 6. The number of hydrogen-bond acceptors (Lipinski definition) is 8. The molecule has 0 spiro atoms. The van der Waals surface area contributed by atoms with Crippen molar-refractivity contribution >= 4 is 17.6 Å². The second-order valence-corrected chi connectivity index (χ2v) is 6.77. The average molecular weight is 473 g/mol. The van der Waals surface area contributed by atoms with E-state index in [9.17, 15) is 26.3 Å². The number of nitrogens with zero attached hydrogens (tertiary/aromatic N) is 5. The van der Waals surface area contributed by atoms with E-state index in [1.165, 1.54) is 19.2 Å². The fraction of sp³-hybridized carbons (Fsp3) is 0.316. The predicted molar refractivity (Wildman–Crippen MR) is 106 cm³/mol. The van der Waals surface area contributed by atoms with E-state index in [0.29, 0.717) is 0 Å². The topological polar surface area (TPSA) is 97.7 Å². The molecule has 0 radical (unpaired) electrons. The van der Waals surface area contributed by atoms with Crippen LogP contribution in [0, 0.1) is 0 Å². The molecule has 2 N–H and O–H groups in total. The number of nitrogens with one attached hydrogen (secondary N) is 2. The van der Waals surface area contributed by atoms with E-state index >= 15 is 0 Å². The fourth-order valence-corrected chi connectivity index (χ4v) is 2.63. The van der Waals surface area contributed by atoms with E-state index in [1.54, 1.807) is 6.92 Å². The summed E-state index contributed by atoms with van der Waals surface area (Å²) in [5, 5.41) is 5.48. The Kier molecular flexibility index (Phi) is 6.95. The molecule has 3 aromatic heterocycles. The molecule has 3 rings (SSSR count). The summed E-state index contributed by atoms with van der Waals surface area (Å²) < 4.78 is 83.1. The molecule has 176 valence electrons. The van der Waals surface area contributed by atoms with Gasteiger partial charge in [0.2, 0.25) is 11.9 Å². The number of pyridine rings is 2. The zero-order valence-corrected chi connectivity index (χ0v) is 17.2. The van der Waals surface area contributed by atoms with Gasteiger partial charge in [-0.25, -0.2) is 4.98 Å². The first-order chi connectivity index (χ1) is 15.5. The predicted octanol–water partition coefficient (Wildman–Crippen LogP) is 4.56. The highest BCUT2D eigenvalue weighted by Crippen LogP contribution is 2.31. The molecule has 0 saturated carbocycles. The van der Waals surface area contributed by atoms with Gasteiger partial charge in [0, 0.05) is 25.0 Å². The molecular formula is C19H17F6N7O. The molecule has 0 fully saturated rings. The highest BCUT2D eigenvalue weighted by molar-refractivity contribution is 5.59. The van der Waals surface area contributed by atoms with Gasteiger partial charge in [0.1, 0.15) is 17.1 Å². The standard InChI is InChI=1S/C19H17F6N7O/c1-10(9-33-2)27-16-30-15(12-4-3-5-13(29-12)18(20,21)22)31-17(32-16)28-11-6-7-26-14(8-11)19(23,24)25/h3-8,10H,9H2,1-2H3,(H2,26,27,28,30,31,32). The van der Waals surface area contributed by atoms with Crippen LogP contribution in [0.5, 0.6) is 0 Å². The van der Waals surface area contributed by atoms with Crippen molar-refractivity contribution in [1.82, 2.24) is 24.9 Å². The Morgan fingerprint density at radius 2 is 1.61 bits per heavy atom. The molecule has 1 unspecified atom stereocenters. The van der Waals surface area contributed by atoms with Gasteiger partial charge in [0.25, 0.3) is 0 Å². The molecule has 3 aromatic rings. The van der Waals surface area contributed by atoms with Crippen LogP contribution in [0.2, 0.25) is 0 Å². The first-order valence-corrected chi connectivity index (χ1v) is 9.32. The Morgan fingerprint density at radius 3 is 2.27 bits per heavy atom. The lowest BCUT2D eigenvalue weighted by Gasteiger charge is -2.15. The Bertz CT molecular complexity index is 1110. The Labute approximate surface area is 183 Å². The summed E-state index contributed by atoms with van der Waals surface area (Å²) in [6, 6.07) is 4.89. The third-order valence-electron chi connectivity index (χ3n) is 4.00. The highest BCUT2D eigenvalue weighted by atomic mass is 19.4. The van der Waals surface area contributed by atoms with Crippen LogP contribution in [-0.2, 0) is 17.1 Å². The molecule has 1 atom stereocenters. The van der Waals surface area contributed by atoms with E-state index in [-0.39, 0.29) is 41.8 Å². The molecule has 0 aromatic carbocycles. The number of rotatable bonds is 7. The molecule has 0 saturated heterocycles. The van der Waals surface area contributed by atoms with E-state index in [1.807, 2.05) is 0 Å². The highest BCUT2D eigenvalue weighted by Gasteiger charge is 2.33. The Hall–Kier alpha value is -3.55. The third-order valence-corrected chi connectivity index (χ3v) is 4.00. The maximum Gasteiger partial charge on any atom is 0.433 e. The largest absolute Gasteiger partial charge is 0.433 e. The van der Waals surface area contributed by atoms with Crippen molar-refractivity contribution in [2.45, 2.75) is 25.3 Å². The minimum absolute atomic E-state index is 0.0395. The van der Waals surface area contributed by atoms with Crippen LogP contribution < -0.4 is 10.6 Å². The number of ether oxygens (including phenoxy) is 1. The number of anilines is 3. The van der Waals surface area contributed by atoms with Gasteiger partial charge in [-0.2, -0.15) is 41.3 Å². The summed E-state index contributed by atoms with van der Waals surface area (Å²) in [4.78, 5) is 19.0. The lowest BCUT2D eigenvalue weighted by Crippen LogP contribution is -2.23. The Balaban J connectivity index is 2.02. The third kappa shape index (κ3) is 6.47. The second-order valence-electron chi connectivity index (χ2n) is 6.77. The summed E-state index contributed by atoms with van der Waals surface area (Å²) in [5.41, 5.74) is -2.54. The van der Waals surface area contributed by atoms with E-state index in [0.717, 1.165) is 24.4 Å². The number of halogens is 6. The molecule has 14 heteroatoms. The summed E-state index contributed by atoms with van der Waals surface area (Å²) in [6.07, 6.45) is -8.42.